The number of hydrogen-bond acceptors (Lipinski definition) is 5. The molecule has 0 saturated heterocycles. The van der Waals surface area contributed by atoms with Gasteiger partial charge in [0.25, 0.3) is 10.1 Å². The van der Waals surface area contributed by atoms with Crippen molar-refractivity contribution in [3.63, 3.8) is 0 Å². The standard InChI is InChI=1S/C7H16N2O5S/c8-4-3-5(15(12,13)14)1-2-6(9)7(10)11/h5-6H,1-4,8-9H2,(H,10,11)(H,12,13,14)/t5-,6+/m0/s1. The first-order valence-corrected chi connectivity index (χ1v) is 5.94. The Kier molecular flexibility index (Phi) is 5.73. The topological polar surface area (TPSA) is 144 Å². The van der Waals surface area contributed by atoms with Gasteiger partial charge in [-0.1, -0.05) is 0 Å². The van der Waals surface area contributed by atoms with Gasteiger partial charge in [-0.3, -0.25) is 9.35 Å². The zero-order chi connectivity index (χ0) is 12.1. The van der Waals surface area contributed by atoms with E-state index in [-0.39, 0.29) is 25.8 Å². The minimum absolute atomic E-state index is 0.0104. The van der Waals surface area contributed by atoms with Crippen molar-refractivity contribution in [3.05, 3.63) is 0 Å². The highest BCUT2D eigenvalue weighted by Gasteiger charge is 2.24. The summed E-state index contributed by atoms with van der Waals surface area (Å²) in [6.07, 6.45) is 0.0640. The number of nitrogens with two attached hydrogens (primary N) is 2. The van der Waals surface area contributed by atoms with Crippen LogP contribution in [0.1, 0.15) is 19.3 Å². The van der Waals surface area contributed by atoms with E-state index >= 15 is 0 Å². The Morgan fingerprint density at radius 1 is 1.27 bits per heavy atom. The summed E-state index contributed by atoms with van der Waals surface area (Å²) in [6, 6.07) is -1.12. The van der Waals surface area contributed by atoms with Gasteiger partial charge in [-0.05, 0) is 25.8 Å². The van der Waals surface area contributed by atoms with Crippen LogP contribution in [-0.4, -0.2) is 41.9 Å². The van der Waals surface area contributed by atoms with E-state index in [0.717, 1.165) is 0 Å². The molecule has 0 unspecified atom stereocenters. The smallest absolute Gasteiger partial charge is 0.320 e. The maximum absolute atomic E-state index is 10.8. The summed E-state index contributed by atoms with van der Waals surface area (Å²) in [5, 5.41) is 7.43. The minimum atomic E-state index is -4.18. The van der Waals surface area contributed by atoms with Crippen molar-refractivity contribution in [3.8, 4) is 0 Å². The van der Waals surface area contributed by atoms with E-state index in [1.807, 2.05) is 0 Å². The predicted molar refractivity (Wildman–Crippen MR) is 53.9 cm³/mol. The van der Waals surface area contributed by atoms with Crippen LogP contribution in [0.4, 0.5) is 0 Å². The van der Waals surface area contributed by atoms with Gasteiger partial charge in [0.05, 0.1) is 5.25 Å². The first kappa shape index (κ1) is 14.3. The molecule has 90 valence electrons. The lowest BCUT2D eigenvalue weighted by molar-refractivity contribution is -0.138. The number of carboxylic acid groups (broad SMARTS) is 1. The lowest BCUT2D eigenvalue weighted by Crippen LogP contribution is -2.33. The summed E-state index contributed by atoms with van der Waals surface area (Å²) in [6.45, 7) is 0.104. The SMILES string of the molecule is NCC[C@H](CC[C@@H](N)C(=O)O)S(=O)(=O)O. The Bertz CT molecular complexity index is 303. The molecule has 0 amide bonds. The number of carbonyl (C=O) groups is 1. The molecule has 0 saturated carbocycles. The zero-order valence-electron chi connectivity index (χ0n) is 8.17. The van der Waals surface area contributed by atoms with Crippen molar-refractivity contribution >= 4 is 16.1 Å². The number of rotatable bonds is 7. The summed E-state index contributed by atoms with van der Waals surface area (Å²) in [4.78, 5) is 10.4. The Morgan fingerprint density at radius 3 is 2.13 bits per heavy atom. The predicted octanol–water partition coefficient (Wildman–Crippen LogP) is -1.22. The van der Waals surface area contributed by atoms with Gasteiger partial charge < -0.3 is 16.6 Å². The monoisotopic (exact) mass is 240 g/mol. The molecule has 0 aliphatic carbocycles. The van der Waals surface area contributed by atoms with E-state index in [0.29, 0.717) is 0 Å². The third kappa shape index (κ3) is 5.67. The van der Waals surface area contributed by atoms with Crippen molar-refractivity contribution in [1.82, 2.24) is 0 Å². The van der Waals surface area contributed by atoms with E-state index in [9.17, 15) is 13.2 Å². The average Bonchev–Trinajstić information content (AvgIpc) is 2.09. The molecule has 0 aliphatic rings. The highest BCUT2D eigenvalue weighted by Crippen LogP contribution is 2.12. The van der Waals surface area contributed by atoms with Crippen LogP contribution in [0.15, 0.2) is 0 Å². The van der Waals surface area contributed by atoms with Gasteiger partial charge >= 0.3 is 5.97 Å². The van der Waals surface area contributed by atoms with Crippen molar-refractivity contribution < 1.29 is 22.9 Å². The highest BCUT2D eigenvalue weighted by atomic mass is 32.2. The van der Waals surface area contributed by atoms with Gasteiger partial charge in [0.2, 0.25) is 0 Å². The summed E-state index contributed by atoms with van der Waals surface area (Å²) in [7, 11) is -4.18. The maximum Gasteiger partial charge on any atom is 0.320 e. The van der Waals surface area contributed by atoms with E-state index in [2.05, 4.69) is 0 Å². The molecule has 0 bridgehead atoms. The Labute approximate surface area is 88.2 Å². The number of aliphatic carboxylic acids is 1. The number of hydrogen-bond donors (Lipinski definition) is 4. The Hall–Kier alpha value is -0.700. The molecule has 8 heteroatoms. The van der Waals surface area contributed by atoms with Gasteiger partial charge in [0.15, 0.2) is 0 Å². The van der Waals surface area contributed by atoms with Crippen LogP contribution in [-0.2, 0) is 14.9 Å². The van der Waals surface area contributed by atoms with Crippen molar-refractivity contribution in [2.75, 3.05) is 6.54 Å². The maximum atomic E-state index is 10.8. The molecular weight excluding hydrogens is 224 g/mol. The first-order chi connectivity index (χ1) is 6.79. The summed E-state index contributed by atoms with van der Waals surface area (Å²) in [5.41, 5.74) is 10.4. The fraction of sp³-hybridized carbons (Fsp3) is 0.857. The molecule has 0 aromatic rings. The van der Waals surface area contributed by atoms with Crippen molar-refractivity contribution in [1.29, 1.82) is 0 Å². The highest BCUT2D eigenvalue weighted by molar-refractivity contribution is 7.86. The lowest BCUT2D eigenvalue weighted by Gasteiger charge is -2.13. The van der Waals surface area contributed by atoms with Gasteiger partial charge in [0.1, 0.15) is 6.04 Å². The molecular formula is C7H16N2O5S. The summed E-state index contributed by atoms with van der Waals surface area (Å²) >= 11 is 0. The van der Waals surface area contributed by atoms with E-state index in [1.165, 1.54) is 0 Å². The molecule has 0 heterocycles. The second kappa shape index (κ2) is 6.01. The summed E-state index contributed by atoms with van der Waals surface area (Å²) in [5.74, 6) is -1.20. The van der Waals surface area contributed by atoms with Crippen molar-refractivity contribution in [2.24, 2.45) is 11.5 Å². The molecule has 0 rings (SSSR count). The van der Waals surface area contributed by atoms with Crippen LogP contribution < -0.4 is 11.5 Å². The Morgan fingerprint density at radius 2 is 1.80 bits per heavy atom. The largest absolute Gasteiger partial charge is 0.480 e. The lowest BCUT2D eigenvalue weighted by atomic mass is 10.1. The van der Waals surface area contributed by atoms with Crippen LogP contribution in [0.5, 0.6) is 0 Å². The molecule has 0 spiro atoms. The molecule has 0 fully saturated rings. The zero-order valence-corrected chi connectivity index (χ0v) is 8.98. The molecule has 0 radical (unpaired) electrons. The van der Waals surface area contributed by atoms with Crippen LogP contribution in [0.25, 0.3) is 0 Å². The fourth-order valence-corrected chi connectivity index (χ4v) is 1.98. The third-order valence-corrected chi connectivity index (χ3v) is 3.34. The van der Waals surface area contributed by atoms with Crippen LogP contribution >= 0.6 is 0 Å². The molecule has 0 aliphatic heterocycles. The average molecular weight is 240 g/mol. The van der Waals surface area contributed by atoms with Crippen LogP contribution in [0, 0.1) is 0 Å². The van der Waals surface area contributed by atoms with E-state index in [1.54, 1.807) is 0 Å². The summed E-state index contributed by atoms with van der Waals surface area (Å²) < 4.78 is 30.4. The van der Waals surface area contributed by atoms with Crippen LogP contribution in [0.3, 0.4) is 0 Å². The number of carboxylic acids is 1. The quantitative estimate of drug-likeness (QED) is 0.408. The van der Waals surface area contributed by atoms with Crippen LogP contribution in [0.2, 0.25) is 0 Å². The van der Waals surface area contributed by atoms with Gasteiger partial charge in [0, 0.05) is 0 Å². The normalized spacial score (nSPS) is 15.9. The Balaban J connectivity index is 4.26. The second-order valence-corrected chi connectivity index (χ2v) is 4.93. The molecule has 15 heavy (non-hydrogen) atoms. The molecule has 0 aromatic carbocycles. The molecule has 0 aromatic heterocycles. The van der Waals surface area contributed by atoms with Gasteiger partial charge in [-0.25, -0.2) is 0 Å². The third-order valence-electron chi connectivity index (χ3n) is 2.03. The fourth-order valence-electron chi connectivity index (χ4n) is 1.12. The molecule has 6 N–H and O–H groups in total. The molecule has 2 atom stereocenters. The second-order valence-electron chi connectivity index (χ2n) is 3.24. The van der Waals surface area contributed by atoms with E-state index in [4.69, 9.17) is 21.1 Å². The van der Waals surface area contributed by atoms with Gasteiger partial charge in [-0.15, -0.1) is 0 Å². The van der Waals surface area contributed by atoms with E-state index < -0.39 is 27.4 Å². The minimum Gasteiger partial charge on any atom is -0.480 e. The molecule has 7 nitrogen and oxygen atoms in total. The first-order valence-electron chi connectivity index (χ1n) is 4.43. The van der Waals surface area contributed by atoms with Crippen molar-refractivity contribution in [2.45, 2.75) is 30.6 Å². The van der Waals surface area contributed by atoms with Gasteiger partial charge in [-0.2, -0.15) is 8.42 Å².